The third kappa shape index (κ3) is 2.91. The summed E-state index contributed by atoms with van der Waals surface area (Å²) in [4.78, 5) is 12.4. The number of nitrogens with zero attached hydrogens (tertiary/aromatic N) is 2. The summed E-state index contributed by atoms with van der Waals surface area (Å²) in [7, 11) is 1.57. The van der Waals surface area contributed by atoms with E-state index in [2.05, 4.69) is 16.2 Å². The fourth-order valence-corrected chi connectivity index (χ4v) is 3.48. The van der Waals surface area contributed by atoms with Gasteiger partial charge in [-0.3, -0.25) is 9.48 Å². The zero-order valence-electron chi connectivity index (χ0n) is 13.9. The van der Waals surface area contributed by atoms with Crippen LogP contribution in [0.3, 0.4) is 0 Å². The number of amides is 1. The average Bonchev–Trinajstić information content (AvgIpc) is 3.16. The van der Waals surface area contributed by atoms with E-state index in [9.17, 15) is 4.79 Å². The molecule has 5 nitrogen and oxygen atoms in total. The van der Waals surface area contributed by atoms with E-state index in [1.165, 1.54) is 31.2 Å². The Morgan fingerprint density at radius 1 is 1.32 bits per heavy atom. The Balaban J connectivity index is 1.77. The van der Waals surface area contributed by atoms with Crippen LogP contribution in [0.15, 0.2) is 6.20 Å². The first-order chi connectivity index (χ1) is 10.5. The van der Waals surface area contributed by atoms with Crippen LogP contribution in [-0.2, 0) is 16.0 Å². The first-order valence-electron chi connectivity index (χ1n) is 8.45. The number of carbonyl (C=O) groups is 1. The zero-order chi connectivity index (χ0) is 15.7. The molecule has 2 aliphatic rings. The van der Waals surface area contributed by atoms with Crippen molar-refractivity contribution in [1.82, 2.24) is 15.1 Å². The molecule has 0 spiro atoms. The van der Waals surface area contributed by atoms with Crippen LogP contribution in [0, 0.1) is 0 Å². The molecule has 0 aromatic carbocycles. The molecule has 1 heterocycles. The van der Waals surface area contributed by atoms with Crippen molar-refractivity contribution in [3.05, 3.63) is 17.5 Å². The van der Waals surface area contributed by atoms with Crippen molar-refractivity contribution in [3.8, 4) is 0 Å². The number of aromatic nitrogens is 2. The standard InChI is InChI=1S/C17H27N3O2/c1-17(2,22-3)16(21)18-14-10-6-7-12-11-20(19-15(12)14)13-8-4-5-9-13/h11,13-14H,4-10H2,1-3H3,(H,18,21)/t14-/m0/s1. The molecule has 0 saturated heterocycles. The molecule has 1 aromatic heterocycles. The monoisotopic (exact) mass is 305 g/mol. The molecule has 22 heavy (non-hydrogen) atoms. The third-order valence-corrected chi connectivity index (χ3v) is 5.17. The van der Waals surface area contributed by atoms with Gasteiger partial charge in [-0.15, -0.1) is 0 Å². The minimum Gasteiger partial charge on any atom is -0.369 e. The Morgan fingerprint density at radius 3 is 2.73 bits per heavy atom. The minimum absolute atomic E-state index is 0.0216. The van der Waals surface area contributed by atoms with Crippen molar-refractivity contribution < 1.29 is 9.53 Å². The van der Waals surface area contributed by atoms with Crippen molar-refractivity contribution in [2.75, 3.05) is 7.11 Å². The lowest BCUT2D eigenvalue weighted by Gasteiger charge is -2.27. The number of hydrogen-bond donors (Lipinski definition) is 1. The van der Waals surface area contributed by atoms with Crippen molar-refractivity contribution in [2.24, 2.45) is 0 Å². The maximum Gasteiger partial charge on any atom is 0.252 e. The summed E-state index contributed by atoms with van der Waals surface area (Å²) in [5.41, 5.74) is 1.57. The zero-order valence-corrected chi connectivity index (χ0v) is 13.9. The summed E-state index contributed by atoms with van der Waals surface area (Å²) in [6, 6.07) is 0.575. The highest BCUT2D eigenvalue weighted by Gasteiger charge is 2.33. The predicted molar refractivity (Wildman–Crippen MR) is 84.6 cm³/mol. The lowest BCUT2D eigenvalue weighted by Crippen LogP contribution is -2.45. The molecule has 1 atom stereocenters. The Morgan fingerprint density at radius 2 is 2.05 bits per heavy atom. The number of fused-ring (bicyclic) bond motifs is 1. The molecular formula is C17H27N3O2. The van der Waals surface area contributed by atoms with Crippen LogP contribution >= 0.6 is 0 Å². The number of nitrogens with one attached hydrogen (secondary N) is 1. The first kappa shape index (κ1) is 15.5. The second-order valence-electron chi connectivity index (χ2n) is 7.09. The molecular weight excluding hydrogens is 278 g/mol. The molecule has 0 radical (unpaired) electrons. The van der Waals surface area contributed by atoms with Gasteiger partial charge < -0.3 is 10.1 Å². The second-order valence-corrected chi connectivity index (χ2v) is 7.09. The van der Waals surface area contributed by atoms with E-state index < -0.39 is 5.60 Å². The van der Waals surface area contributed by atoms with Crippen LogP contribution in [0.5, 0.6) is 0 Å². The lowest BCUT2D eigenvalue weighted by molar-refractivity contribution is -0.140. The molecule has 1 N–H and O–H groups in total. The number of hydrogen-bond acceptors (Lipinski definition) is 3. The number of ether oxygens (including phenoxy) is 1. The van der Waals surface area contributed by atoms with E-state index in [1.807, 2.05) is 0 Å². The number of aryl methyl sites for hydroxylation is 1. The Kier molecular flexibility index (Phi) is 4.26. The van der Waals surface area contributed by atoms with E-state index >= 15 is 0 Å². The molecule has 0 bridgehead atoms. The molecule has 1 saturated carbocycles. The van der Waals surface area contributed by atoms with Crippen LogP contribution in [0.25, 0.3) is 0 Å². The maximum absolute atomic E-state index is 12.4. The highest BCUT2D eigenvalue weighted by Crippen LogP contribution is 2.34. The Bertz CT molecular complexity index is 544. The smallest absolute Gasteiger partial charge is 0.252 e. The number of carbonyl (C=O) groups excluding carboxylic acids is 1. The minimum atomic E-state index is -0.800. The Labute approximate surface area is 132 Å². The largest absolute Gasteiger partial charge is 0.369 e. The third-order valence-electron chi connectivity index (χ3n) is 5.17. The predicted octanol–water partition coefficient (Wildman–Crippen LogP) is 2.92. The van der Waals surface area contributed by atoms with Gasteiger partial charge in [-0.1, -0.05) is 12.8 Å². The van der Waals surface area contributed by atoms with Gasteiger partial charge in [-0.2, -0.15) is 5.10 Å². The maximum atomic E-state index is 12.4. The van der Waals surface area contributed by atoms with Crippen molar-refractivity contribution in [3.63, 3.8) is 0 Å². The molecule has 2 aliphatic carbocycles. The summed E-state index contributed by atoms with van der Waals surface area (Å²) >= 11 is 0. The van der Waals surface area contributed by atoms with Crippen LogP contribution in [-0.4, -0.2) is 28.4 Å². The van der Waals surface area contributed by atoms with Gasteiger partial charge in [0.1, 0.15) is 5.60 Å². The van der Waals surface area contributed by atoms with Crippen LogP contribution in [0.4, 0.5) is 0 Å². The summed E-state index contributed by atoms with van der Waals surface area (Å²) in [6.07, 6.45) is 10.4. The van der Waals surface area contributed by atoms with E-state index in [1.54, 1.807) is 21.0 Å². The van der Waals surface area contributed by atoms with Gasteiger partial charge in [0.25, 0.3) is 5.91 Å². The number of methoxy groups -OCH3 is 1. The molecule has 1 fully saturated rings. The molecule has 0 unspecified atom stereocenters. The topological polar surface area (TPSA) is 56.1 Å². The Hall–Kier alpha value is -1.36. The van der Waals surface area contributed by atoms with Gasteiger partial charge in [-0.25, -0.2) is 0 Å². The van der Waals surface area contributed by atoms with Crippen LogP contribution < -0.4 is 5.32 Å². The molecule has 0 aliphatic heterocycles. The molecule has 122 valence electrons. The lowest BCUT2D eigenvalue weighted by atomic mass is 9.93. The van der Waals surface area contributed by atoms with Gasteiger partial charge in [0.15, 0.2) is 0 Å². The van der Waals surface area contributed by atoms with Crippen LogP contribution in [0.1, 0.15) is 75.7 Å². The normalized spacial score (nSPS) is 22.6. The van der Waals surface area contributed by atoms with Gasteiger partial charge in [-0.05, 0) is 51.5 Å². The van der Waals surface area contributed by atoms with E-state index in [0.29, 0.717) is 6.04 Å². The van der Waals surface area contributed by atoms with Gasteiger partial charge in [0.2, 0.25) is 0 Å². The molecule has 5 heteroatoms. The van der Waals surface area contributed by atoms with Gasteiger partial charge >= 0.3 is 0 Å². The quantitative estimate of drug-likeness (QED) is 0.930. The van der Waals surface area contributed by atoms with Crippen molar-refractivity contribution in [1.29, 1.82) is 0 Å². The molecule has 3 rings (SSSR count). The highest BCUT2D eigenvalue weighted by atomic mass is 16.5. The second kappa shape index (κ2) is 6.03. The van der Waals surface area contributed by atoms with E-state index in [-0.39, 0.29) is 11.9 Å². The average molecular weight is 305 g/mol. The fourth-order valence-electron chi connectivity index (χ4n) is 3.48. The van der Waals surface area contributed by atoms with E-state index in [0.717, 1.165) is 25.0 Å². The summed E-state index contributed by atoms with van der Waals surface area (Å²) in [6.45, 7) is 3.59. The van der Waals surface area contributed by atoms with E-state index in [4.69, 9.17) is 9.84 Å². The fraction of sp³-hybridized carbons (Fsp3) is 0.765. The van der Waals surface area contributed by atoms with Gasteiger partial charge in [0, 0.05) is 13.3 Å². The summed E-state index contributed by atoms with van der Waals surface area (Å²) < 4.78 is 7.43. The van der Waals surface area contributed by atoms with Crippen molar-refractivity contribution in [2.45, 2.75) is 76.5 Å². The highest BCUT2D eigenvalue weighted by molar-refractivity contribution is 5.84. The molecule has 1 aromatic rings. The number of rotatable bonds is 4. The van der Waals surface area contributed by atoms with Crippen LogP contribution in [0.2, 0.25) is 0 Å². The summed E-state index contributed by atoms with van der Waals surface area (Å²) in [5.74, 6) is -0.0664. The first-order valence-corrected chi connectivity index (χ1v) is 8.45. The van der Waals surface area contributed by atoms with Gasteiger partial charge in [0.05, 0.1) is 17.8 Å². The summed E-state index contributed by atoms with van der Waals surface area (Å²) in [5, 5.41) is 7.97. The van der Waals surface area contributed by atoms with Crippen molar-refractivity contribution >= 4 is 5.91 Å². The molecule has 1 amide bonds. The SMILES string of the molecule is COC(C)(C)C(=O)N[C@H]1CCCc2cn(C3CCCC3)nc21.